The summed E-state index contributed by atoms with van der Waals surface area (Å²) >= 11 is 0. The molecule has 0 aliphatic heterocycles. The van der Waals surface area contributed by atoms with Gasteiger partial charge in [-0.1, -0.05) is 60.7 Å². The number of amides is 1. The highest BCUT2D eigenvalue weighted by Crippen LogP contribution is 2.22. The van der Waals surface area contributed by atoms with Crippen LogP contribution < -0.4 is 14.4 Å². The summed E-state index contributed by atoms with van der Waals surface area (Å²) in [4.78, 5) is 12.3. The van der Waals surface area contributed by atoms with E-state index in [4.69, 9.17) is 4.74 Å². The Morgan fingerprint density at radius 3 is 2.00 bits per heavy atom. The highest BCUT2D eigenvalue weighted by atomic mass is 32.2. The third-order valence-corrected chi connectivity index (χ3v) is 5.53. The first-order valence-corrected chi connectivity index (χ1v) is 11.3. The summed E-state index contributed by atoms with van der Waals surface area (Å²) in [5.74, 6) is 0.235. The predicted molar refractivity (Wildman–Crippen MR) is 118 cm³/mol. The number of carbonyl (C=O) groups excluding carboxylic acids is 1. The van der Waals surface area contributed by atoms with Crippen LogP contribution in [0.5, 0.6) is 5.75 Å². The lowest BCUT2D eigenvalue weighted by molar-refractivity contribution is -0.119. The van der Waals surface area contributed by atoms with E-state index in [0.29, 0.717) is 24.6 Å². The van der Waals surface area contributed by atoms with Gasteiger partial charge in [-0.05, 0) is 35.4 Å². The maximum Gasteiger partial charge on any atom is 0.241 e. The second kappa shape index (κ2) is 9.93. The SMILES string of the molecule is CS(=O)(=O)N(CC(=O)NCc1ccccc1)c1ccc(OCc2ccccc2)cc1. The summed E-state index contributed by atoms with van der Waals surface area (Å²) in [6, 6.07) is 25.8. The third-order valence-electron chi connectivity index (χ3n) is 4.39. The van der Waals surface area contributed by atoms with Crippen LogP contribution in [0.3, 0.4) is 0 Å². The fourth-order valence-electron chi connectivity index (χ4n) is 2.83. The Balaban J connectivity index is 1.62. The average molecular weight is 425 g/mol. The van der Waals surface area contributed by atoms with Gasteiger partial charge in [0.1, 0.15) is 18.9 Å². The smallest absolute Gasteiger partial charge is 0.241 e. The van der Waals surface area contributed by atoms with Gasteiger partial charge < -0.3 is 10.1 Å². The van der Waals surface area contributed by atoms with Gasteiger partial charge in [-0.15, -0.1) is 0 Å². The van der Waals surface area contributed by atoms with Crippen molar-refractivity contribution in [3.05, 3.63) is 96.1 Å². The Morgan fingerprint density at radius 2 is 1.43 bits per heavy atom. The molecule has 6 nitrogen and oxygen atoms in total. The molecule has 156 valence electrons. The molecule has 0 saturated carbocycles. The van der Waals surface area contributed by atoms with E-state index in [2.05, 4.69) is 5.32 Å². The van der Waals surface area contributed by atoms with Gasteiger partial charge in [0.15, 0.2) is 0 Å². The minimum Gasteiger partial charge on any atom is -0.489 e. The molecule has 30 heavy (non-hydrogen) atoms. The van der Waals surface area contributed by atoms with E-state index in [1.807, 2.05) is 60.7 Å². The Morgan fingerprint density at radius 1 is 0.867 bits per heavy atom. The molecular formula is C23H24N2O4S. The van der Waals surface area contributed by atoms with Crippen molar-refractivity contribution in [2.75, 3.05) is 17.1 Å². The minimum atomic E-state index is -3.63. The molecule has 0 aromatic heterocycles. The van der Waals surface area contributed by atoms with Gasteiger partial charge >= 0.3 is 0 Å². The number of carbonyl (C=O) groups is 1. The standard InChI is InChI=1S/C23H24N2O4S/c1-30(27,28)25(17-23(26)24-16-19-8-4-2-5-9-19)21-12-14-22(15-13-21)29-18-20-10-6-3-7-11-20/h2-15H,16-18H2,1H3,(H,24,26). The number of rotatable bonds is 9. The summed E-state index contributed by atoms with van der Waals surface area (Å²) in [7, 11) is -3.63. The van der Waals surface area contributed by atoms with Gasteiger partial charge in [-0.3, -0.25) is 9.10 Å². The Labute approximate surface area is 177 Å². The predicted octanol–water partition coefficient (Wildman–Crippen LogP) is 3.35. The van der Waals surface area contributed by atoms with Crippen LogP contribution in [0.25, 0.3) is 0 Å². The zero-order valence-corrected chi connectivity index (χ0v) is 17.5. The van der Waals surface area contributed by atoms with Crippen molar-refractivity contribution in [1.29, 1.82) is 0 Å². The number of ether oxygens (including phenoxy) is 1. The molecule has 1 N–H and O–H groups in total. The van der Waals surface area contributed by atoms with Crippen LogP contribution in [-0.4, -0.2) is 27.1 Å². The number of nitrogens with one attached hydrogen (secondary N) is 1. The first-order valence-electron chi connectivity index (χ1n) is 9.47. The van der Waals surface area contributed by atoms with E-state index in [9.17, 15) is 13.2 Å². The van der Waals surface area contributed by atoms with Crippen LogP contribution in [0.4, 0.5) is 5.69 Å². The lowest BCUT2D eigenvalue weighted by Crippen LogP contribution is -2.40. The van der Waals surface area contributed by atoms with E-state index in [0.717, 1.165) is 21.7 Å². The van der Waals surface area contributed by atoms with Crippen LogP contribution >= 0.6 is 0 Å². The molecule has 0 spiro atoms. The average Bonchev–Trinajstić information content (AvgIpc) is 2.76. The van der Waals surface area contributed by atoms with E-state index in [1.54, 1.807) is 24.3 Å². The molecule has 1 amide bonds. The maximum atomic E-state index is 12.3. The number of nitrogens with zero attached hydrogens (tertiary/aromatic N) is 1. The molecule has 0 atom stereocenters. The van der Waals surface area contributed by atoms with Crippen molar-refractivity contribution in [2.24, 2.45) is 0 Å². The van der Waals surface area contributed by atoms with Crippen molar-refractivity contribution in [3.8, 4) is 5.75 Å². The molecule has 3 rings (SSSR count). The monoisotopic (exact) mass is 424 g/mol. The summed E-state index contributed by atoms with van der Waals surface area (Å²) in [6.45, 7) is 0.456. The van der Waals surface area contributed by atoms with Gasteiger partial charge in [0.2, 0.25) is 15.9 Å². The largest absolute Gasteiger partial charge is 0.489 e. The summed E-state index contributed by atoms with van der Waals surface area (Å²) in [5.41, 5.74) is 2.38. The Kier molecular flexibility index (Phi) is 7.08. The van der Waals surface area contributed by atoms with Crippen molar-refractivity contribution in [3.63, 3.8) is 0 Å². The third kappa shape index (κ3) is 6.35. The van der Waals surface area contributed by atoms with E-state index < -0.39 is 10.0 Å². The molecule has 0 aliphatic rings. The number of sulfonamides is 1. The Hall–Kier alpha value is -3.32. The van der Waals surface area contributed by atoms with Gasteiger partial charge in [-0.2, -0.15) is 0 Å². The van der Waals surface area contributed by atoms with Crippen molar-refractivity contribution in [1.82, 2.24) is 5.32 Å². The zero-order chi connectivity index (χ0) is 21.4. The highest BCUT2D eigenvalue weighted by molar-refractivity contribution is 7.92. The van der Waals surface area contributed by atoms with Crippen LogP contribution in [0, 0.1) is 0 Å². The van der Waals surface area contributed by atoms with E-state index in [-0.39, 0.29) is 12.5 Å². The van der Waals surface area contributed by atoms with Crippen LogP contribution in [0.2, 0.25) is 0 Å². The second-order valence-electron chi connectivity index (χ2n) is 6.80. The normalized spacial score (nSPS) is 11.0. The van der Waals surface area contributed by atoms with Gasteiger partial charge in [0.25, 0.3) is 0 Å². The van der Waals surface area contributed by atoms with Crippen LogP contribution in [0.15, 0.2) is 84.9 Å². The fraction of sp³-hybridized carbons (Fsp3) is 0.174. The number of hydrogen-bond acceptors (Lipinski definition) is 4. The molecule has 3 aromatic carbocycles. The topological polar surface area (TPSA) is 75.7 Å². The molecule has 0 aliphatic carbocycles. The maximum absolute atomic E-state index is 12.3. The van der Waals surface area contributed by atoms with E-state index in [1.165, 1.54) is 0 Å². The molecular weight excluding hydrogens is 400 g/mol. The lowest BCUT2D eigenvalue weighted by Gasteiger charge is -2.22. The molecule has 7 heteroatoms. The molecule has 3 aromatic rings. The molecule has 0 heterocycles. The van der Waals surface area contributed by atoms with E-state index >= 15 is 0 Å². The van der Waals surface area contributed by atoms with Gasteiger partial charge in [0.05, 0.1) is 11.9 Å². The van der Waals surface area contributed by atoms with Crippen molar-refractivity contribution < 1.29 is 17.9 Å². The molecule has 0 fully saturated rings. The summed E-state index contributed by atoms with van der Waals surface area (Å²) in [5, 5.41) is 2.75. The highest BCUT2D eigenvalue weighted by Gasteiger charge is 2.20. The molecule has 0 radical (unpaired) electrons. The molecule has 0 saturated heterocycles. The van der Waals surface area contributed by atoms with Crippen LogP contribution in [0.1, 0.15) is 11.1 Å². The quantitative estimate of drug-likeness (QED) is 0.572. The van der Waals surface area contributed by atoms with Crippen LogP contribution in [-0.2, 0) is 28.0 Å². The zero-order valence-electron chi connectivity index (χ0n) is 16.7. The first-order chi connectivity index (χ1) is 14.4. The fourth-order valence-corrected chi connectivity index (χ4v) is 3.69. The summed E-state index contributed by atoms with van der Waals surface area (Å²) in [6.07, 6.45) is 1.08. The van der Waals surface area contributed by atoms with Crippen molar-refractivity contribution >= 4 is 21.6 Å². The second-order valence-corrected chi connectivity index (χ2v) is 8.71. The number of anilines is 1. The first kappa shape index (κ1) is 21.4. The van der Waals surface area contributed by atoms with Crippen molar-refractivity contribution in [2.45, 2.75) is 13.2 Å². The molecule has 0 bridgehead atoms. The summed E-state index contributed by atoms with van der Waals surface area (Å²) < 4.78 is 31.3. The van der Waals surface area contributed by atoms with Gasteiger partial charge in [-0.25, -0.2) is 8.42 Å². The lowest BCUT2D eigenvalue weighted by atomic mass is 10.2. The number of benzene rings is 3. The Bertz CT molecular complexity index is 1050. The number of hydrogen-bond donors (Lipinski definition) is 1. The minimum absolute atomic E-state index is 0.296. The molecule has 0 unspecified atom stereocenters. The van der Waals surface area contributed by atoms with Gasteiger partial charge in [0, 0.05) is 6.54 Å².